The monoisotopic (exact) mass is 283 g/mol. The van der Waals surface area contributed by atoms with Crippen molar-refractivity contribution in [1.29, 1.82) is 0 Å². The van der Waals surface area contributed by atoms with Crippen LogP contribution in [0.1, 0.15) is 29.9 Å². The van der Waals surface area contributed by atoms with Crippen LogP contribution in [0.15, 0.2) is 48.5 Å². The van der Waals surface area contributed by atoms with E-state index in [0.717, 1.165) is 29.8 Å². The van der Waals surface area contributed by atoms with E-state index in [4.69, 9.17) is 4.74 Å². The molecule has 3 heteroatoms. The van der Waals surface area contributed by atoms with Crippen LogP contribution in [-0.4, -0.2) is 18.3 Å². The zero-order chi connectivity index (χ0) is 14.7. The second-order valence-electron chi connectivity index (χ2n) is 5.57. The predicted molar refractivity (Wildman–Crippen MR) is 84.7 cm³/mol. The van der Waals surface area contributed by atoms with E-state index in [0.29, 0.717) is 12.0 Å². The quantitative estimate of drug-likeness (QED) is 0.882. The van der Waals surface area contributed by atoms with E-state index in [1.165, 1.54) is 5.56 Å². The first kappa shape index (κ1) is 14.0. The van der Waals surface area contributed by atoms with Gasteiger partial charge >= 0.3 is 0 Å². The number of anilines is 1. The molecule has 2 aromatic rings. The molecular formula is C18H21NO2. The average Bonchev–Trinajstić information content (AvgIpc) is 2.51. The Labute approximate surface area is 125 Å². The summed E-state index contributed by atoms with van der Waals surface area (Å²) in [6.45, 7) is 0.0752. The van der Waals surface area contributed by atoms with Crippen molar-refractivity contribution in [1.82, 2.24) is 0 Å². The molecule has 0 amide bonds. The Hall–Kier alpha value is -2.00. The second-order valence-corrected chi connectivity index (χ2v) is 5.57. The highest BCUT2D eigenvalue weighted by Gasteiger charge is 2.32. The third-order valence-electron chi connectivity index (χ3n) is 4.26. The third-order valence-corrected chi connectivity index (χ3v) is 4.26. The predicted octanol–water partition coefficient (Wildman–Crippen LogP) is 3.55. The molecule has 21 heavy (non-hydrogen) atoms. The molecule has 1 fully saturated rings. The number of aliphatic hydroxyl groups excluding tert-OH is 1. The fourth-order valence-electron chi connectivity index (χ4n) is 3.01. The van der Waals surface area contributed by atoms with Gasteiger partial charge in [-0.25, -0.2) is 0 Å². The van der Waals surface area contributed by atoms with E-state index in [1.54, 1.807) is 7.11 Å². The standard InChI is InChI=1S/C18H21NO2/c1-21-18-9-5-3-7-16(18)14-10-15(11-14)19-17-8-4-2-6-13(17)12-20/h2-9,14-15,19-20H,10-12H2,1H3. The van der Waals surface area contributed by atoms with E-state index < -0.39 is 0 Å². The molecule has 1 saturated carbocycles. The van der Waals surface area contributed by atoms with Crippen LogP contribution >= 0.6 is 0 Å². The van der Waals surface area contributed by atoms with Crippen LogP contribution in [0, 0.1) is 0 Å². The molecule has 2 N–H and O–H groups in total. The van der Waals surface area contributed by atoms with Crippen LogP contribution in [0.4, 0.5) is 5.69 Å². The molecule has 0 unspecified atom stereocenters. The van der Waals surface area contributed by atoms with Crippen molar-refractivity contribution < 1.29 is 9.84 Å². The molecular weight excluding hydrogens is 262 g/mol. The number of ether oxygens (including phenoxy) is 1. The number of aliphatic hydroxyl groups is 1. The molecule has 0 aromatic heterocycles. The summed E-state index contributed by atoms with van der Waals surface area (Å²) in [6.07, 6.45) is 2.19. The zero-order valence-electron chi connectivity index (χ0n) is 12.3. The fraction of sp³-hybridized carbons (Fsp3) is 0.333. The average molecular weight is 283 g/mol. The molecule has 0 spiro atoms. The highest BCUT2D eigenvalue weighted by molar-refractivity contribution is 5.52. The number of methoxy groups -OCH3 is 1. The summed E-state index contributed by atoms with van der Waals surface area (Å²) >= 11 is 0. The van der Waals surface area contributed by atoms with Gasteiger partial charge in [0.05, 0.1) is 13.7 Å². The maximum Gasteiger partial charge on any atom is 0.122 e. The van der Waals surface area contributed by atoms with Crippen molar-refractivity contribution in [2.75, 3.05) is 12.4 Å². The molecule has 110 valence electrons. The lowest BCUT2D eigenvalue weighted by molar-refractivity contribution is 0.282. The van der Waals surface area contributed by atoms with E-state index in [9.17, 15) is 5.11 Å². The Bertz CT molecular complexity index is 606. The molecule has 3 rings (SSSR count). The molecule has 0 atom stereocenters. The van der Waals surface area contributed by atoms with Gasteiger partial charge < -0.3 is 15.2 Å². The summed E-state index contributed by atoms with van der Waals surface area (Å²) < 4.78 is 5.44. The van der Waals surface area contributed by atoms with Crippen LogP contribution in [0.2, 0.25) is 0 Å². The highest BCUT2D eigenvalue weighted by Crippen LogP contribution is 2.42. The topological polar surface area (TPSA) is 41.5 Å². The molecule has 0 aliphatic heterocycles. The van der Waals surface area contributed by atoms with Crippen molar-refractivity contribution >= 4 is 5.69 Å². The summed E-state index contributed by atoms with van der Waals surface area (Å²) in [5, 5.41) is 12.9. The second kappa shape index (κ2) is 6.19. The van der Waals surface area contributed by atoms with Crippen LogP contribution in [0.3, 0.4) is 0 Å². The third kappa shape index (κ3) is 2.88. The fourth-order valence-corrected chi connectivity index (χ4v) is 3.01. The number of hydrogen-bond donors (Lipinski definition) is 2. The maximum atomic E-state index is 9.36. The molecule has 2 aromatic carbocycles. The Morgan fingerprint density at radius 1 is 1.10 bits per heavy atom. The molecule has 1 aliphatic rings. The molecule has 0 heterocycles. The molecule has 3 nitrogen and oxygen atoms in total. The molecule has 1 aliphatic carbocycles. The minimum absolute atomic E-state index is 0.0752. The van der Waals surface area contributed by atoms with Crippen LogP contribution < -0.4 is 10.1 Å². The van der Waals surface area contributed by atoms with Gasteiger partial charge in [-0.2, -0.15) is 0 Å². The van der Waals surface area contributed by atoms with Crippen molar-refractivity contribution in [2.45, 2.75) is 31.4 Å². The van der Waals surface area contributed by atoms with Gasteiger partial charge in [0.15, 0.2) is 0 Å². The lowest BCUT2D eigenvalue weighted by Crippen LogP contribution is -2.34. The van der Waals surface area contributed by atoms with Gasteiger partial charge in [-0.3, -0.25) is 0 Å². The van der Waals surface area contributed by atoms with Gasteiger partial charge in [0, 0.05) is 17.3 Å². The van der Waals surface area contributed by atoms with Gasteiger partial charge in [-0.05, 0) is 36.5 Å². The number of nitrogens with one attached hydrogen (secondary N) is 1. The van der Waals surface area contributed by atoms with Gasteiger partial charge in [0.25, 0.3) is 0 Å². The largest absolute Gasteiger partial charge is 0.496 e. The van der Waals surface area contributed by atoms with Crippen LogP contribution in [-0.2, 0) is 6.61 Å². The Balaban J connectivity index is 1.63. The highest BCUT2D eigenvalue weighted by atomic mass is 16.5. The number of para-hydroxylation sites is 2. The van der Waals surface area contributed by atoms with Gasteiger partial charge in [-0.1, -0.05) is 36.4 Å². The minimum atomic E-state index is 0.0752. The first-order valence-corrected chi connectivity index (χ1v) is 7.40. The van der Waals surface area contributed by atoms with E-state index in [2.05, 4.69) is 17.4 Å². The van der Waals surface area contributed by atoms with E-state index >= 15 is 0 Å². The van der Waals surface area contributed by atoms with Crippen LogP contribution in [0.25, 0.3) is 0 Å². The number of hydrogen-bond acceptors (Lipinski definition) is 3. The lowest BCUT2D eigenvalue weighted by Gasteiger charge is -2.37. The molecule has 0 saturated heterocycles. The van der Waals surface area contributed by atoms with E-state index in [1.807, 2.05) is 36.4 Å². The van der Waals surface area contributed by atoms with Crippen molar-refractivity contribution in [3.63, 3.8) is 0 Å². The summed E-state index contributed by atoms with van der Waals surface area (Å²) in [5.74, 6) is 1.54. The maximum absolute atomic E-state index is 9.36. The van der Waals surface area contributed by atoms with Gasteiger partial charge in [0.1, 0.15) is 5.75 Å². The zero-order valence-corrected chi connectivity index (χ0v) is 12.3. The van der Waals surface area contributed by atoms with Crippen LogP contribution in [0.5, 0.6) is 5.75 Å². The van der Waals surface area contributed by atoms with Crippen molar-refractivity contribution in [3.05, 3.63) is 59.7 Å². The first-order valence-electron chi connectivity index (χ1n) is 7.40. The van der Waals surface area contributed by atoms with Crippen molar-refractivity contribution in [2.24, 2.45) is 0 Å². The smallest absolute Gasteiger partial charge is 0.122 e. The lowest BCUT2D eigenvalue weighted by atomic mass is 9.75. The minimum Gasteiger partial charge on any atom is -0.496 e. The Morgan fingerprint density at radius 3 is 2.57 bits per heavy atom. The van der Waals surface area contributed by atoms with Gasteiger partial charge in [-0.15, -0.1) is 0 Å². The molecule has 0 radical (unpaired) electrons. The van der Waals surface area contributed by atoms with Gasteiger partial charge in [0.2, 0.25) is 0 Å². The Morgan fingerprint density at radius 2 is 1.81 bits per heavy atom. The summed E-state index contributed by atoms with van der Waals surface area (Å²) in [5.41, 5.74) is 3.30. The first-order chi connectivity index (χ1) is 10.3. The molecule has 0 bridgehead atoms. The SMILES string of the molecule is COc1ccccc1C1CC(Nc2ccccc2CO)C1. The number of benzene rings is 2. The summed E-state index contributed by atoms with van der Waals surface area (Å²) in [4.78, 5) is 0. The number of rotatable bonds is 5. The Kier molecular flexibility index (Phi) is 4.11. The van der Waals surface area contributed by atoms with Crippen molar-refractivity contribution in [3.8, 4) is 5.75 Å². The normalized spacial score (nSPS) is 20.7. The summed E-state index contributed by atoms with van der Waals surface area (Å²) in [7, 11) is 1.73. The summed E-state index contributed by atoms with van der Waals surface area (Å²) in [6, 6.07) is 16.7. The van der Waals surface area contributed by atoms with E-state index in [-0.39, 0.29) is 6.61 Å².